The Hall–Kier alpha value is -1.31. The van der Waals surface area contributed by atoms with Crippen LogP contribution in [0.3, 0.4) is 0 Å². The molecule has 0 aliphatic heterocycles. The van der Waals surface area contributed by atoms with Crippen LogP contribution < -0.4 is 10.5 Å². The molecule has 2 aromatic rings. The Kier molecular flexibility index (Phi) is 3.47. The molecule has 0 fully saturated rings. The van der Waals surface area contributed by atoms with E-state index in [0.29, 0.717) is 4.34 Å². The molecule has 3 N–H and O–H groups in total. The molecular weight excluding hydrogens is 299 g/mol. The second-order valence-electron chi connectivity index (χ2n) is 3.40. The number of nitrogens with two attached hydrogens (primary N) is 1. The molecule has 1 heterocycles. The molecule has 0 saturated carbocycles. The normalized spacial score (nSPS) is 11.4. The molecule has 8 heteroatoms. The van der Waals surface area contributed by atoms with Crippen molar-refractivity contribution in [2.24, 2.45) is 0 Å². The number of hydrogen-bond acceptors (Lipinski definition) is 4. The van der Waals surface area contributed by atoms with E-state index in [1.165, 1.54) is 24.3 Å². The van der Waals surface area contributed by atoms with E-state index in [9.17, 15) is 12.8 Å². The van der Waals surface area contributed by atoms with E-state index in [4.69, 9.17) is 17.3 Å². The molecule has 2 rings (SSSR count). The Morgan fingerprint density at radius 1 is 1.28 bits per heavy atom. The first-order valence-corrected chi connectivity index (χ1v) is 7.39. The number of benzene rings is 1. The van der Waals surface area contributed by atoms with Crippen LogP contribution >= 0.6 is 22.9 Å². The predicted octanol–water partition coefficient (Wildman–Crippen LogP) is 2.92. The van der Waals surface area contributed by atoms with E-state index in [2.05, 4.69) is 4.72 Å². The highest BCUT2D eigenvalue weighted by molar-refractivity contribution is 7.94. The third kappa shape index (κ3) is 2.74. The molecule has 1 aromatic carbocycles. The van der Waals surface area contributed by atoms with Crippen molar-refractivity contribution >= 4 is 44.3 Å². The monoisotopic (exact) mass is 306 g/mol. The van der Waals surface area contributed by atoms with Gasteiger partial charge in [0.05, 0.1) is 10.0 Å². The van der Waals surface area contributed by atoms with Gasteiger partial charge in [0.2, 0.25) is 0 Å². The van der Waals surface area contributed by atoms with Crippen LogP contribution in [0.1, 0.15) is 0 Å². The van der Waals surface area contributed by atoms with Crippen LogP contribution in [0.15, 0.2) is 34.5 Å². The molecule has 0 saturated heterocycles. The number of anilines is 2. The smallest absolute Gasteiger partial charge is 0.271 e. The van der Waals surface area contributed by atoms with E-state index in [1.54, 1.807) is 0 Å². The second-order valence-corrected chi connectivity index (χ2v) is 7.03. The largest absolute Gasteiger partial charge is 0.399 e. The first-order chi connectivity index (χ1) is 8.38. The third-order valence-corrected chi connectivity index (χ3v) is 5.14. The summed E-state index contributed by atoms with van der Waals surface area (Å²) in [6.45, 7) is 0. The fraction of sp³-hybridized carbons (Fsp3) is 0. The van der Waals surface area contributed by atoms with Gasteiger partial charge in [-0.2, -0.15) is 0 Å². The van der Waals surface area contributed by atoms with Crippen molar-refractivity contribution in [1.29, 1.82) is 0 Å². The Bertz CT molecular complexity index is 685. The van der Waals surface area contributed by atoms with Gasteiger partial charge in [-0.25, -0.2) is 12.8 Å². The standard InChI is InChI=1S/C10H8ClFN2O2S2/c11-9-3-4-10(17-9)18(15,16)14-8-2-1-6(13)5-7(8)12/h1-5,14H,13H2. The lowest BCUT2D eigenvalue weighted by atomic mass is 10.3. The van der Waals surface area contributed by atoms with Gasteiger partial charge < -0.3 is 5.73 Å². The van der Waals surface area contributed by atoms with E-state index in [0.717, 1.165) is 17.4 Å². The molecule has 0 atom stereocenters. The SMILES string of the molecule is Nc1ccc(NS(=O)(=O)c2ccc(Cl)s2)c(F)c1. The third-order valence-electron chi connectivity index (χ3n) is 2.05. The van der Waals surface area contributed by atoms with Crippen LogP contribution in [0.2, 0.25) is 4.34 Å². The van der Waals surface area contributed by atoms with Crippen LogP contribution in [0.5, 0.6) is 0 Å². The highest BCUT2D eigenvalue weighted by Crippen LogP contribution is 2.28. The lowest BCUT2D eigenvalue weighted by Crippen LogP contribution is -2.12. The van der Waals surface area contributed by atoms with Crippen molar-refractivity contribution < 1.29 is 12.8 Å². The summed E-state index contributed by atoms with van der Waals surface area (Å²) < 4.78 is 39.8. The molecule has 0 spiro atoms. The first kappa shape index (κ1) is 13.1. The van der Waals surface area contributed by atoms with Gasteiger partial charge in [0.15, 0.2) is 0 Å². The molecule has 96 valence electrons. The van der Waals surface area contributed by atoms with E-state index >= 15 is 0 Å². The number of rotatable bonds is 3. The minimum atomic E-state index is -3.82. The van der Waals surface area contributed by atoms with Crippen LogP contribution in [-0.2, 0) is 10.0 Å². The molecule has 0 aliphatic rings. The fourth-order valence-electron chi connectivity index (χ4n) is 1.25. The number of thiophene rings is 1. The topological polar surface area (TPSA) is 72.2 Å². The Labute approximate surface area is 112 Å². The summed E-state index contributed by atoms with van der Waals surface area (Å²) in [5.74, 6) is -0.735. The molecule has 18 heavy (non-hydrogen) atoms. The zero-order chi connectivity index (χ0) is 13.3. The van der Waals surface area contributed by atoms with E-state index < -0.39 is 15.8 Å². The Morgan fingerprint density at radius 3 is 2.56 bits per heavy atom. The minimum Gasteiger partial charge on any atom is -0.399 e. The van der Waals surface area contributed by atoms with Crippen LogP contribution in [0.25, 0.3) is 0 Å². The average Bonchev–Trinajstić information content (AvgIpc) is 2.70. The summed E-state index contributed by atoms with van der Waals surface area (Å²) in [7, 11) is -3.82. The van der Waals surface area contributed by atoms with Crippen LogP contribution in [0.4, 0.5) is 15.8 Å². The van der Waals surface area contributed by atoms with E-state index in [1.807, 2.05) is 0 Å². The van der Waals surface area contributed by atoms with Crippen molar-refractivity contribution in [3.8, 4) is 0 Å². The van der Waals surface area contributed by atoms with E-state index in [-0.39, 0.29) is 15.6 Å². The number of nitrogens with one attached hydrogen (secondary N) is 1. The number of halogens is 2. The number of sulfonamides is 1. The average molecular weight is 307 g/mol. The van der Waals surface area contributed by atoms with Crippen molar-refractivity contribution in [2.75, 3.05) is 10.5 Å². The van der Waals surface area contributed by atoms with Gasteiger partial charge in [-0.15, -0.1) is 11.3 Å². The minimum absolute atomic E-state index is 0.0173. The summed E-state index contributed by atoms with van der Waals surface area (Å²) in [4.78, 5) is 0. The molecule has 0 radical (unpaired) electrons. The van der Waals surface area contributed by atoms with Gasteiger partial charge in [0.25, 0.3) is 10.0 Å². The fourth-order valence-corrected chi connectivity index (χ4v) is 3.80. The number of nitrogen functional groups attached to an aromatic ring is 1. The quantitative estimate of drug-likeness (QED) is 0.856. The van der Waals surface area contributed by atoms with Gasteiger partial charge in [-0.3, -0.25) is 4.72 Å². The second kappa shape index (κ2) is 4.75. The first-order valence-electron chi connectivity index (χ1n) is 4.72. The molecule has 0 amide bonds. The Balaban J connectivity index is 2.33. The van der Waals surface area contributed by atoms with Crippen molar-refractivity contribution in [2.45, 2.75) is 4.21 Å². The summed E-state index contributed by atoms with van der Waals surface area (Å²) in [6.07, 6.45) is 0. The summed E-state index contributed by atoms with van der Waals surface area (Å²) in [6, 6.07) is 6.52. The molecule has 4 nitrogen and oxygen atoms in total. The van der Waals surface area contributed by atoms with Gasteiger partial charge in [0.1, 0.15) is 10.0 Å². The maximum Gasteiger partial charge on any atom is 0.271 e. The molecule has 0 bridgehead atoms. The molecular formula is C10H8ClFN2O2S2. The zero-order valence-electron chi connectivity index (χ0n) is 8.85. The van der Waals surface area contributed by atoms with Crippen molar-refractivity contribution in [3.63, 3.8) is 0 Å². The zero-order valence-corrected chi connectivity index (χ0v) is 11.2. The predicted molar refractivity (Wildman–Crippen MR) is 70.9 cm³/mol. The maximum absolute atomic E-state index is 13.5. The lowest BCUT2D eigenvalue weighted by Gasteiger charge is -2.07. The number of hydrogen-bond donors (Lipinski definition) is 2. The van der Waals surface area contributed by atoms with Gasteiger partial charge in [-0.05, 0) is 30.3 Å². The molecule has 0 aliphatic carbocycles. The maximum atomic E-state index is 13.5. The van der Waals surface area contributed by atoms with Gasteiger partial charge in [0, 0.05) is 5.69 Å². The molecule has 1 aromatic heterocycles. The highest BCUT2D eigenvalue weighted by atomic mass is 35.5. The van der Waals surface area contributed by atoms with Gasteiger partial charge >= 0.3 is 0 Å². The molecule has 0 unspecified atom stereocenters. The summed E-state index contributed by atoms with van der Waals surface area (Å²) >= 11 is 6.55. The van der Waals surface area contributed by atoms with Crippen molar-refractivity contribution in [1.82, 2.24) is 0 Å². The van der Waals surface area contributed by atoms with Crippen LogP contribution in [-0.4, -0.2) is 8.42 Å². The van der Waals surface area contributed by atoms with Gasteiger partial charge in [-0.1, -0.05) is 11.6 Å². The Morgan fingerprint density at radius 2 is 2.00 bits per heavy atom. The highest BCUT2D eigenvalue weighted by Gasteiger charge is 2.18. The summed E-state index contributed by atoms with van der Waals surface area (Å²) in [5, 5.41) is 0. The summed E-state index contributed by atoms with van der Waals surface area (Å²) in [5.41, 5.74) is 5.43. The lowest BCUT2D eigenvalue weighted by molar-refractivity contribution is 0.600. The van der Waals surface area contributed by atoms with Crippen molar-refractivity contribution in [3.05, 3.63) is 40.5 Å². The van der Waals surface area contributed by atoms with Crippen LogP contribution in [0, 0.1) is 5.82 Å².